The molecule has 1 aromatic carbocycles. The van der Waals surface area contributed by atoms with Crippen LogP contribution in [-0.4, -0.2) is 24.9 Å². The van der Waals surface area contributed by atoms with Gasteiger partial charge in [-0.1, -0.05) is 76.9 Å². The van der Waals surface area contributed by atoms with Gasteiger partial charge in [-0.25, -0.2) is 9.18 Å². The van der Waals surface area contributed by atoms with Gasteiger partial charge >= 0.3 is 5.97 Å². The van der Waals surface area contributed by atoms with Gasteiger partial charge < -0.3 is 15.4 Å². The van der Waals surface area contributed by atoms with Crippen LogP contribution in [0.4, 0.5) is 10.1 Å². The van der Waals surface area contributed by atoms with E-state index in [-0.39, 0.29) is 23.8 Å². The van der Waals surface area contributed by atoms with Gasteiger partial charge in [-0.05, 0) is 56.4 Å². The maximum Gasteiger partial charge on any atom is 0.346 e. The van der Waals surface area contributed by atoms with E-state index in [1.54, 1.807) is 12.1 Å². The quantitative estimate of drug-likeness (QED) is 0.0711. The fourth-order valence-electron chi connectivity index (χ4n) is 4.09. The summed E-state index contributed by atoms with van der Waals surface area (Å²) in [6.07, 6.45) is 22.1. The van der Waals surface area contributed by atoms with Crippen LogP contribution in [0.15, 0.2) is 47.8 Å². The molecule has 0 atom stereocenters. The summed E-state index contributed by atoms with van der Waals surface area (Å²) in [7, 11) is 0. The number of anilines is 1. The smallest absolute Gasteiger partial charge is 0.346 e. The fraction of sp³-hybridized carbons (Fsp3) is 0.586. The first-order chi connectivity index (χ1) is 17.1. The highest BCUT2D eigenvalue weighted by atomic mass is 19.1. The summed E-state index contributed by atoms with van der Waals surface area (Å²) in [5.74, 6) is -1.00. The molecule has 1 saturated heterocycles. The lowest BCUT2D eigenvalue weighted by Gasteiger charge is -2.15. The van der Waals surface area contributed by atoms with E-state index in [1.165, 1.54) is 89.2 Å². The first-order valence-corrected chi connectivity index (χ1v) is 13.5. The Kier molecular flexibility index (Phi) is 14.5. The summed E-state index contributed by atoms with van der Waals surface area (Å²) in [4.78, 5) is 24.1. The Labute approximate surface area is 210 Å². The minimum atomic E-state index is -0.631. The van der Waals surface area contributed by atoms with Crippen molar-refractivity contribution in [2.75, 3.05) is 18.5 Å². The Morgan fingerprint density at radius 1 is 0.857 bits per heavy atom. The van der Waals surface area contributed by atoms with Gasteiger partial charge in [0.05, 0.1) is 0 Å². The van der Waals surface area contributed by atoms with E-state index in [2.05, 4.69) is 29.7 Å². The molecule has 0 unspecified atom stereocenters. The van der Waals surface area contributed by atoms with E-state index in [9.17, 15) is 14.0 Å². The summed E-state index contributed by atoms with van der Waals surface area (Å²) in [6.45, 7) is 2.65. The van der Waals surface area contributed by atoms with Crippen LogP contribution in [0.2, 0.25) is 0 Å². The van der Waals surface area contributed by atoms with Crippen molar-refractivity contribution in [3.8, 4) is 0 Å². The summed E-state index contributed by atoms with van der Waals surface area (Å²) < 4.78 is 18.0. The van der Waals surface area contributed by atoms with E-state index in [4.69, 9.17) is 4.74 Å². The van der Waals surface area contributed by atoms with Gasteiger partial charge in [-0.3, -0.25) is 4.79 Å². The van der Waals surface area contributed by atoms with Crippen LogP contribution < -0.4 is 10.6 Å². The second-order valence-electron chi connectivity index (χ2n) is 9.25. The average molecular weight is 487 g/mol. The molecule has 6 heteroatoms. The topological polar surface area (TPSA) is 67.4 Å². The predicted octanol–water partition coefficient (Wildman–Crippen LogP) is 7.20. The third-order valence-electron chi connectivity index (χ3n) is 6.17. The largest absolute Gasteiger partial charge is 0.453 e. The highest BCUT2D eigenvalue weighted by Gasteiger charge is 2.32. The number of Topliss-reactive ketones (excluding diaryl/α,β-unsaturated/α-hetero) is 1. The highest BCUT2D eigenvalue weighted by molar-refractivity contribution is 6.22. The van der Waals surface area contributed by atoms with Gasteiger partial charge in [0.2, 0.25) is 5.78 Å². The third-order valence-corrected chi connectivity index (χ3v) is 6.17. The molecule has 0 aromatic heterocycles. The van der Waals surface area contributed by atoms with Gasteiger partial charge in [-0.15, -0.1) is 0 Å². The lowest BCUT2D eigenvalue weighted by atomic mass is 10.1. The number of halogens is 1. The number of hydrogen-bond acceptors (Lipinski definition) is 5. The standard InChI is InChI=1S/C29H43FN2O3/c1-2-3-4-5-6-7-8-9-10-11-12-13-14-15-16-17-22-31-28(27-26(33)23-35-29(27)34)32-25-20-18-24(30)19-21-25/h9-10,18-21,31-32H,2-8,11-17,22-23H2,1H3. The number of allylic oxidation sites excluding steroid dienone is 2. The van der Waals surface area contributed by atoms with Crippen LogP contribution in [-0.2, 0) is 14.3 Å². The number of carbonyl (C=O) groups excluding carboxylic acids is 2. The molecule has 1 aromatic rings. The van der Waals surface area contributed by atoms with Gasteiger partial charge in [-0.2, -0.15) is 0 Å². The Bertz CT molecular complexity index is 800. The number of ketones is 1. The minimum absolute atomic E-state index is 0.00104. The summed E-state index contributed by atoms with van der Waals surface area (Å²) in [5, 5.41) is 6.22. The molecule has 0 saturated carbocycles. The monoisotopic (exact) mass is 486 g/mol. The number of carbonyl (C=O) groups is 2. The van der Waals surface area contributed by atoms with Gasteiger partial charge in [0.1, 0.15) is 17.2 Å². The number of unbranched alkanes of at least 4 members (excludes halogenated alkanes) is 12. The van der Waals surface area contributed by atoms with Crippen molar-refractivity contribution in [2.24, 2.45) is 0 Å². The molecule has 2 rings (SSSR count). The van der Waals surface area contributed by atoms with Crippen molar-refractivity contribution >= 4 is 17.4 Å². The number of ether oxygens (including phenoxy) is 1. The lowest BCUT2D eigenvalue weighted by molar-refractivity contribution is -0.135. The average Bonchev–Trinajstić information content (AvgIpc) is 3.19. The normalized spacial score (nSPS) is 15.0. The fourth-order valence-corrected chi connectivity index (χ4v) is 4.09. The predicted molar refractivity (Wildman–Crippen MR) is 140 cm³/mol. The zero-order valence-corrected chi connectivity index (χ0v) is 21.4. The van der Waals surface area contributed by atoms with Crippen molar-refractivity contribution in [1.29, 1.82) is 0 Å². The summed E-state index contributed by atoms with van der Waals surface area (Å²) >= 11 is 0. The molecule has 2 N–H and O–H groups in total. The van der Waals surface area contributed by atoms with Crippen molar-refractivity contribution < 1.29 is 18.7 Å². The second kappa shape index (κ2) is 17.8. The van der Waals surface area contributed by atoms with E-state index in [0.717, 1.165) is 12.8 Å². The van der Waals surface area contributed by atoms with Crippen LogP contribution >= 0.6 is 0 Å². The first kappa shape index (κ1) is 28.6. The zero-order chi connectivity index (χ0) is 25.1. The van der Waals surface area contributed by atoms with Crippen molar-refractivity contribution in [3.05, 3.63) is 53.6 Å². The van der Waals surface area contributed by atoms with Crippen LogP contribution in [0.3, 0.4) is 0 Å². The molecule has 0 aliphatic carbocycles. The Morgan fingerprint density at radius 2 is 1.43 bits per heavy atom. The maximum atomic E-state index is 13.2. The van der Waals surface area contributed by atoms with Crippen molar-refractivity contribution in [1.82, 2.24) is 5.32 Å². The molecular weight excluding hydrogens is 443 g/mol. The van der Waals surface area contributed by atoms with Crippen LogP contribution in [0.5, 0.6) is 0 Å². The molecule has 5 nitrogen and oxygen atoms in total. The second-order valence-corrected chi connectivity index (χ2v) is 9.25. The molecule has 0 spiro atoms. The molecule has 0 amide bonds. The summed E-state index contributed by atoms with van der Waals surface area (Å²) in [6, 6.07) is 5.77. The Morgan fingerprint density at radius 3 is 2.00 bits per heavy atom. The van der Waals surface area contributed by atoms with Crippen molar-refractivity contribution in [2.45, 2.75) is 96.8 Å². The van der Waals surface area contributed by atoms with E-state index in [0.29, 0.717) is 18.1 Å². The molecule has 1 heterocycles. The first-order valence-electron chi connectivity index (χ1n) is 13.5. The van der Waals surface area contributed by atoms with Gasteiger partial charge in [0.15, 0.2) is 6.61 Å². The molecule has 0 radical (unpaired) electrons. The van der Waals surface area contributed by atoms with Crippen molar-refractivity contribution in [3.63, 3.8) is 0 Å². The van der Waals surface area contributed by atoms with Crippen LogP contribution in [0.1, 0.15) is 96.8 Å². The van der Waals surface area contributed by atoms with Crippen LogP contribution in [0.25, 0.3) is 0 Å². The number of cyclic esters (lactones) is 1. The lowest BCUT2D eigenvalue weighted by Crippen LogP contribution is -2.26. The summed E-state index contributed by atoms with van der Waals surface area (Å²) in [5.41, 5.74) is 0.591. The molecule has 1 fully saturated rings. The van der Waals surface area contributed by atoms with E-state index < -0.39 is 5.97 Å². The van der Waals surface area contributed by atoms with E-state index >= 15 is 0 Å². The Balaban J connectivity index is 1.57. The maximum absolute atomic E-state index is 13.2. The number of esters is 1. The third kappa shape index (κ3) is 12.1. The van der Waals surface area contributed by atoms with E-state index in [1.807, 2.05) is 0 Å². The molecule has 0 bridgehead atoms. The van der Waals surface area contributed by atoms with Crippen LogP contribution in [0, 0.1) is 5.82 Å². The number of benzene rings is 1. The molecule has 1 aliphatic heterocycles. The molecule has 35 heavy (non-hydrogen) atoms. The number of hydrogen-bond donors (Lipinski definition) is 2. The van der Waals surface area contributed by atoms with Gasteiger partial charge in [0.25, 0.3) is 0 Å². The minimum Gasteiger partial charge on any atom is -0.453 e. The Hall–Kier alpha value is -2.63. The molecule has 1 aliphatic rings. The zero-order valence-electron chi connectivity index (χ0n) is 21.4. The molecule has 194 valence electrons. The number of nitrogens with one attached hydrogen (secondary N) is 2. The van der Waals surface area contributed by atoms with Gasteiger partial charge in [0, 0.05) is 12.2 Å². The number of rotatable bonds is 19. The molecular formula is C29H43FN2O3. The SMILES string of the molecule is CCCCCCCCC=CCCCCCCCCNC(Nc1ccc(F)cc1)=C1C(=O)COC1=O. The highest BCUT2D eigenvalue weighted by Crippen LogP contribution is 2.17.